The van der Waals surface area contributed by atoms with Gasteiger partial charge in [-0.15, -0.1) is 0 Å². The largest absolute Gasteiger partial charge is 0.506 e. The number of phenolic OH excluding ortho intramolecular Hbond substituents is 1. The van der Waals surface area contributed by atoms with Gasteiger partial charge in [0.15, 0.2) is 0 Å². The lowest BCUT2D eigenvalue weighted by Gasteiger charge is -1.99. The molecule has 0 spiro atoms. The summed E-state index contributed by atoms with van der Waals surface area (Å²) in [5.41, 5.74) is 0. The normalized spacial score (nSPS) is 11.5. The maximum absolute atomic E-state index is 10.7. The summed E-state index contributed by atoms with van der Waals surface area (Å²) in [6.07, 6.45) is 0. The van der Waals surface area contributed by atoms with Crippen LogP contribution in [0.15, 0.2) is 23.1 Å². The molecule has 0 aliphatic heterocycles. The molecule has 0 bridgehead atoms. The number of hydrogen-bond acceptors (Lipinski definition) is 3. The third-order valence-electron chi connectivity index (χ3n) is 1.18. The molecule has 1 rings (SSSR count). The summed E-state index contributed by atoms with van der Waals surface area (Å²) in [6.45, 7) is 0. The standard InChI is InChI=1S/C6H4Cl2O3S/c7-4-1-2-6(5(9)3-4)12(8,10)11/h1-3,9H. The third kappa shape index (κ3) is 2.03. The molecule has 0 aromatic heterocycles. The van der Waals surface area contributed by atoms with Gasteiger partial charge in [0, 0.05) is 15.7 Å². The highest BCUT2D eigenvalue weighted by molar-refractivity contribution is 8.13. The van der Waals surface area contributed by atoms with Crippen LogP contribution in [-0.4, -0.2) is 13.5 Å². The SMILES string of the molecule is O=S(=O)(Cl)c1ccc(Cl)cc1O. The third-order valence-corrected chi connectivity index (χ3v) is 2.79. The van der Waals surface area contributed by atoms with Crippen molar-refractivity contribution in [1.82, 2.24) is 0 Å². The summed E-state index contributed by atoms with van der Waals surface area (Å²) < 4.78 is 21.5. The summed E-state index contributed by atoms with van der Waals surface area (Å²) in [5, 5.41) is 9.33. The van der Waals surface area contributed by atoms with Gasteiger partial charge in [-0.2, -0.15) is 0 Å². The van der Waals surface area contributed by atoms with E-state index in [9.17, 15) is 8.42 Å². The van der Waals surface area contributed by atoms with Gasteiger partial charge in [0.1, 0.15) is 10.6 Å². The van der Waals surface area contributed by atoms with Crippen LogP contribution in [0.25, 0.3) is 0 Å². The Hall–Kier alpha value is -0.450. The molecule has 0 aliphatic rings. The van der Waals surface area contributed by atoms with Gasteiger partial charge < -0.3 is 5.11 Å². The van der Waals surface area contributed by atoms with Gasteiger partial charge in [0.05, 0.1) is 0 Å². The maximum atomic E-state index is 10.7. The van der Waals surface area contributed by atoms with Crippen LogP contribution < -0.4 is 0 Å². The van der Waals surface area contributed by atoms with Crippen molar-refractivity contribution in [2.24, 2.45) is 0 Å². The maximum Gasteiger partial charge on any atom is 0.264 e. The van der Waals surface area contributed by atoms with Crippen molar-refractivity contribution in [3.05, 3.63) is 23.2 Å². The minimum atomic E-state index is -3.89. The Morgan fingerprint density at radius 3 is 2.33 bits per heavy atom. The fraction of sp³-hybridized carbons (Fsp3) is 0. The van der Waals surface area contributed by atoms with E-state index in [-0.39, 0.29) is 9.92 Å². The average molecular weight is 227 g/mol. The molecule has 0 heterocycles. The molecule has 1 aromatic carbocycles. The smallest absolute Gasteiger partial charge is 0.264 e. The van der Waals surface area contributed by atoms with Crippen LogP contribution in [0, 0.1) is 0 Å². The lowest BCUT2D eigenvalue weighted by atomic mass is 10.3. The first-order valence-electron chi connectivity index (χ1n) is 2.84. The lowest BCUT2D eigenvalue weighted by molar-refractivity contribution is 0.459. The fourth-order valence-electron chi connectivity index (χ4n) is 0.697. The van der Waals surface area contributed by atoms with E-state index in [0.29, 0.717) is 0 Å². The van der Waals surface area contributed by atoms with Crippen molar-refractivity contribution in [3.8, 4) is 5.75 Å². The second-order valence-electron chi connectivity index (χ2n) is 2.05. The molecule has 0 aliphatic carbocycles. The van der Waals surface area contributed by atoms with Crippen LogP contribution >= 0.6 is 22.3 Å². The van der Waals surface area contributed by atoms with E-state index in [1.54, 1.807) is 0 Å². The minimum Gasteiger partial charge on any atom is -0.506 e. The highest BCUT2D eigenvalue weighted by Gasteiger charge is 2.14. The fourth-order valence-corrected chi connectivity index (χ4v) is 1.79. The Balaban J connectivity index is 3.39. The van der Waals surface area contributed by atoms with E-state index in [1.807, 2.05) is 0 Å². The monoisotopic (exact) mass is 226 g/mol. The van der Waals surface area contributed by atoms with Crippen molar-refractivity contribution in [3.63, 3.8) is 0 Å². The van der Waals surface area contributed by atoms with Crippen LogP contribution in [0.5, 0.6) is 5.75 Å². The minimum absolute atomic E-state index is 0.247. The summed E-state index contributed by atoms with van der Waals surface area (Å²) >= 11 is 5.47. The Kier molecular flexibility index (Phi) is 2.51. The van der Waals surface area contributed by atoms with E-state index in [2.05, 4.69) is 0 Å². The predicted octanol–water partition coefficient (Wildman–Crippen LogP) is 1.97. The van der Waals surface area contributed by atoms with E-state index in [0.717, 1.165) is 12.1 Å². The average Bonchev–Trinajstić information content (AvgIpc) is 1.83. The van der Waals surface area contributed by atoms with Crippen molar-refractivity contribution in [2.75, 3.05) is 0 Å². The van der Waals surface area contributed by atoms with Gasteiger partial charge in [-0.25, -0.2) is 8.42 Å². The number of rotatable bonds is 1. The molecule has 1 N–H and O–H groups in total. The second-order valence-corrected chi connectivity index (χ2v) is 5.02. The van der Waals surface area contributed by atoms with Crippen LogP contribution in [0.3, 0.4) is 0 Å². The molecule has 0 unspecified atom stereocenters. The molecule has 66 valence electrons. The molecule has 12 heavy (non-hydrogen) atoms. The summed E-state index contributed by atoms with van der Waals surface area (Å²) in [7, 11) is 1.10. The van der Waals surface area contributed by atoms with Gasteiger partial charge >= 0.3 is 0 Å². The number of benzene rings is 1. The molecule has 3 nitrogen and oxygen atoms in total. The second kappa shape index (κ2) is 3.12. The van der Waals surface area contributed by atoms with Gasteiger partial charge in [0.25, 0.3) is 9.05 Å². The Labute approximate surface area is 79.0 Å². The Morgan fingerprint density at radius 1 is 1.33 bits per heavy atom. The molecule has 0 fully saturated rings. The van der Waals surface area contributed by atoms with Crippen molar-refractivity contribution >= 4 is 31.3 Å². The molecule has 0 saturated heterocycles. The van der Waals surface area contributed by atoms with Crippen LogP contribution in [0.1, 0.15) is 0 Å². The highest BCUT2D eigenvalue weighted by Crippen LogP contribution is 2.28. The van der Waals surface area contributed by atoms with Crippen LogP contribution in [0.4, 0.5) is 0 Å². The quantitative estimate of drug-likeness (QED) is 0.746. The van der Waals surface area contributed by atoms with E-state index < -0.39 is 14.8 Å². The first-order valence-corrected chi connectivity index (χ1v) is 5.53. The number of phenols is 1. The van der Waals surface area contributed by atoms with E-state index in [4.69, 9.17) is 27.4 Å². The molecule has 1 aromatic rings. The van der Waals surface area contributed by atoms with E-state index in [1.165, 1.54) is 6.07 Å². The van der Waals surface area contributed by atoms with Crippen LogP contribution in [-0.2, 0) is 9.05 Å². The first kappa shape index (κ1) is 9.64. The molecule has 0 saturated carbocycles. The van der Waals surface area contributed by atoms with Gasteiger partial charge in [-0.1, -0.05) is 11.6 Å². The van der Waals surface area contributed by atoms with Gasteiger partial charge in [-0.3, -0.25) is 0 Å². The van der Waals surface area contributed by atoms with Gasteiger partial charge in [0.2, 0.25) is 0 Å². The zero-order valence-corrected chi connectivity index (χ0v) is 7.99. The number of aromatic hydroxyl groups is 1. The topological polar surface area (TPSA) is 54.4 Å². The summed E-state index contributed by atoms with van der Waals surface area (Å²) in [4.78, 5) is -0.339. The summed E-state index contributed by atoms with van der Waals surface area (Å²) in [5.74, 6) is -0.447. The van der Waals surface area contributed by atoms with Crippen molar-refractivity contribution < 1.29 is 13.5 Å². The first-order chi connectivity index (χ1) is 5.41. The Morgan fingerprint density at radius 2 is 1.92 bits per heavy atom. The van der Waals surface area contributed by atoms with E-state index >= 15 is 0 Å². The number of hydrogen-bond donors (Lipinski definition) is 1. The lowest BCUT2D eigenvalue weighted by Crippen LogP contribution is -1.90. The van der Waals surface area contributed by atoms with Crippen molar-refractivity contribution in [2.45, 2.75) is 4.90 Å². The van der Waals surface area contributed by atoms with Gasteiger partial charge in [-0.05, 0) is 18.2 Å². The molecule has 0 atom stereocenters. The highest BCUT2D eigenvalue weighted by atomic mass is 35.7. The van der Waals surface area contributed by atoms with Crippen molar-refractivity contribution in [1.29, 1.82) is 0 Å². The van der Waals surface area contributed by atoms with Crippen LogP contribution in [0.2, 0.25) is 5.02 Å². The Bertz CT molecular complexity index is 399. The molecule has 0 radical (unpaired) electrons. The zero-order valence-electron chi connectivity index (χ0n) is 5.66. The number of halogens is 2. The zero-order chi connectivity index (χ0) is 9.35. The predicted molar refractivity (Wildman–Crippen MR) is 46.2 cm³/mol. The molecular weight excluding hydrogens is 223 g/mol. The molecule has 0 amide bonds. The molecular formula is C6H4Cl2O3S. The molecule has 6 heteroatoms. The summed E-state index contributed by atoms with van der Waals surface area (Å²) in [6, 6.07) is 3.58.